The lowest BCUT2D eigenvalue weighted by molar-refractivity contribution is 0.122. The van der Waals surface area contributed by atoms with Crippen LogP contribution < -0.4 is 10.2 Å². The van der Waals surface area contributed by atoms with Crippen LogP contribution in [-0.2, 0) is 4.74 Å². The van der Waals surface area contributed by atoms with Gasteiger partial charge in [0.05, 0.1) is 24.6 Å². The minimum atomic E-state index is 0.792. The molecule has 0 radical (unpaired) electrons. The third-order valence-corrected chi connectivity index (χ3v) is 6.43. The summed E-state index contributed by atoms with van der Waals surface area (Å²) in [5.74, 6) is 0. The van der Waals surface area contributed by atoms with Gasteiger partial charge >= 0.3 is 0 Å². The van der Waals surface area contributed by atoms with Crippen LogP contribution in [0.25, 0.3) is 5.57 Å². The number of nitrogens with one attached hydrogen (secondary N) is 1. The second-order valence-electron chi connectivity index (χ2n) is 7.06. The predicted molar refractivity (Wildman–Crippen MR) is 118 cm³/mol. The molecule has 0 saturated carbocycles. The number of ether oxygens (including phenoxy) is 1. The Bertz CT molecular complexity index is 1040. The van der Waals surface area contributed by atoms with Crippen LogP contribution in [0.1, 0.15) is 11.1 Å². The molecule has 1 fully saturated rings. The summed E-state index contributed by atoms with van der Waals surface area (Å²) in [6, 6.07) is 23.7. The van der Waals surface area contributed by atoms with E-state index in [-0.39, 0.29) is 0 Å². The maximum atomic E-state index is 5.48. The molecule has 0 unspecified atom stereocenters. The Kier molecular flexibility index (Phi) is 4.59. The highest BCUT2D eigenvalue weighted by Crippen LogP contribution is 2.45. The van der Waals surface area contributed by atoms with Gasteiger partial charge in [-0.25, -0.2) is 0 Å². The van der Waals surface area contributed by atoms with Gasteiger partial charge in [-0.15, -0.1) is 0 Å². The van der Waals surface area contributed by atoms with E-state index in [1.54, 1.807) is 0 Å². The molecule has 3 aromatic rings. The third kappa shape index (κ3) is 3.30. The Hall–Kier alpha value is -2.69. The summed E-state index contributed by atoms with van der Waals surface area (Å²) in [6.45, 7) is 7.86. The highest BCUT2D eigenvalue weighted by molar-refractivity contribution is 7.99. The number of anilines is 3. The van der Waals surface area contributed by atoms with Crippen LogP contribution in [0.3, 0.4) is 0 Å². The monoisotopic (exact) mass is 386 g/mol. The molecule has 2 aliphatic heterocycles. The fraction of sp³-hybridized carbons (Fsp3) is 0.167. The molecule has 28 heavy (non-hydrogen) atoms. The minimum absolute atomic E-state index is 0.792. The van der Waals surface area contributed by atoms with Gasteiger partial charge in [0.25, 0.3) is 0 Å². The molecular formula is C24H22N2OS. The smallest absolute Gasteiger partial charge is 0.0642 e. The molecule has 1 N–H and O–H groups in total. The van der Waals surface area contributed by atoms with Crippen LogP contribution in [0.2, 0.25) is 0 Å². The lowest BCUT2D eigenvalue weighted by Crippen LogP contribution is -2.36. The van der Waals surface area contributed by atoms with Crippen molar-refractivity contribution in [1.82, 2.24) is 0 Å². The number of para-hydroxylation sites is 1. The van der Waals surface area contributed by atoms with Crippen LogP contribution in [0.4, 0.5) is 17.1 Å². The molecule has 0 amide bonds. The fourth-order valence-corrected chi connectivity index (χ4v) is 4.67. The van der Waals surface area contributed by atoms with E-state index in [0.717, 1.165) is 54.4 Å². The molecule has 140 valence electrons. The van der Waals surface area contributed by atoms with Gasteiger partial charge in [0, 0.05) is 28.6 Å². The third-order valence-electron chi connectivity index (χ3n) is 5.28. The molecule has 2 aliphatic rings. The Balaban J connectivity index is 1.42. The van der Waals surface area contributed by atoms with Gasteiger partial charge < -0.3 is 15.0 Å². The van der Waals surface area contributed by atoms with Crippen molar-refractivity contribution in [3.8, 4) is 0 Å². The second-order valence-corrected chi connectivity index (χ2v) is 8.15. The number of nitrogens with zero attached hydrogens (tertiary/aromatic N) is 1. The van der Waals surface area contributed by atoms with Gasteiger partial charge in [-0.05, 0) is 53.1 Å². The van der Waals surface area contributed by atoms with Crippen molar-refractivity contribution in [3.05, 3.63) is 84.4 Å². The van der Waals surface area contributed by atoms with E-state index in [4.69, 9.17) is 4.74 Å². The zero-order chi connectivity index (χ0) is 18.9. The largest absolute Gasteiger partial charge is 0.378 e. The number of benzene rings is 3. The quantitative estimate of drug-likeness (QED) is 0.481. The molecule has 3 aromatic carbocycles. The zero-order valence-electron chi connectivity index (χ0n) is 15.7. The first-order valence-electron chi connectivity index (χ1n) is 9.58. The molecule has 0 bridgehead atoms. The standard InChI is InChI=1S/C24H22N2OS/c1-17(18-5-4-6-20(15-18)26-11-13-27-14-12-26)19-9-10-24-22(16-19)25-21-7-2-3-8-23(21)28-24/h2-10,15-16,25H,1,11-14H2. The van der Waals surface area contributed by atoms with Gasteiger partial charge in [0.2, 0.25) is 0 Å². The maximum absolute atomic E-state index is 5.48. The average Bonchev–Trinajstić information content (AvgIpc) is 2.77. The highest BCUT2D eigenvalue weighted by atomic mass is 32.2. The molecule has 5 rings (SSSR count). The van der Waals surface area contributed by atoms with Crippen LogP contribution in [0.15, 0.2) is 83.1 Å². The lowest BCUT2D eigenvalue weighted by atomic mass is 9.98. The molecule has 0 spiro atoms. The summed E-state index contributed by atoms with van der Waals surface area (Å²) >= 11 is 1.81. The van der Waals surface area contributed by atoms with Gasteiger partial charge in [0.1, 0.15) is 0 Å². The highest BCUT2D eigenvalue weighted by Gasteiger charge is 2.17. The van der Waals surface area contributed by atoms with Crippen molar-refractivity contribution in [3.63, 3.8) is 0 Å². The number of morpholine rings is 1. The van der Waals surface area contributed by atoms with Crippen molar-refractivity contribution < 1.29 is 4.74 Å². The van der Waals surface area contributed by atoms with Gasteiger partial charge in [-0.1, -0.05) is 48.7 Å². The Labute approximate surface area is 170 Å². The summed E-state index contributed by atoms with van der Waals surface area (Å²) in [6.07, 6.45) is 0. The molecule has 2 heterocycles. The van der Waals surface area contributed by atoms with Crippen LogP contribution >= 0.6 is 11.8 Å². The molecule has 4 heteroatoms. The number of rotatable bonds is 3. The number of hydrogen-bond acceptors (Lipinski definition) is 4. The van der Waals surface area contributed by atoms with Crippen molar-refractivity contribution in [2.75, 3.05) is 36.5 Å². The summed E-state index contributed by atoms with van der Waals surface area (Å²) in [4.78, 5) is 4.89. The maximum Gasteiger partial charge on any atom is 0.0642 e. The molecule has 0 aromatic heterocycles. The summed E-state index contributed by atoms with van der Waals surface area (Å²) in [7, 11) is 0. The Morgan fingerprint density at radius 3 is 2.54 bits per heavy atom. The molecule has 3 nitrogen and oxygen atoms in total. The van der Waals surface area contributed by atoms with Crippen LogP contribution in [0, 0.1) is 0 Å². The molecule has 0 aliphatic carbocycles. The van der Waals surface area contributed by atoms with Gasteiger partial charge in [-0.2, -0.15) is 0 Å². The number of fused-ring (bicyclic) bond motifs is 2. The summed E-state index contributed by atoms with van der Waals surface area (Å²) < 4.78 is 5.48. The van der Waals surface area contributed by atoms with Crippen molar-refractivity contribution >= 4 is 34.4 Å². The summed E-state index contributed by atoms with van der Waals surface area (Å²) in [5.41, 5.74) is 6.90. The van der Waals surface area contributed by atoms with Crippen molar-refractivity contribution in [2.45, 2.75) is 9.79 Å². The van der Waals surface area contributed by atoms with E-state index < -0.39 is 0 Å². The first-order valence-corrected chi connectivity index (χ1v) is 10.4. The van der Waals surface area contributed by atoms with Gasteiger partial charge in [0.15, 0.2) is 0 Å². The SMILES string of the molecule is C=C(c1cccc(N2CCOCC2)c1)c1ccc2c(c1)Nc1ccccc1S2. The van der Waals surface area contributed by atoms with Gasteiger partial charge in [-0.3, -0.25) is 0 Å². The predicted octanol–water partition coefficient (Wildman–Crippen LogP) is 5.79. The van der Waals surface area contributed by atoms with Crippen molar-refractivity contribution in [1.29, 1.82) is 0 Å². The summed E-state index contributed by atoms with van der Waals surface area (Å²) in [5, 5.41) is 3.57. The normalized spacial score (nSPS) is 15.4. The fourth-order valence-electron chi connectivity index (χ4n) is 3.71. The van der Waals surface area contributed by atoms with E-state index >= 15 is 0 Å². The number of hydrogen-bond donors (Lipinski definition) is 1. The lowest BCUT2D eigenvalue weighted by Gasteiger charge is -2.29. The Morgan fingerprint density at radius 1 is 0.857 bits per heavy atom. The zero-order valence-corrected chi connectivity index (χ0v) is 16.5. The van der Waals surface area contributed by atoms with Crippen molar-refractivity contribution in [2.24, 2.45) is 0 Å². The molecule has 0 atom stereocenters. The second kappa shape index (κ2) is 7.38. The first-order chi connectivity index (χ1) is 13.8. The molecule has 1 saturated heterocycles. The van der Waals surface area contributed by atoms with E-state index in [1.165, 1.54) is 15.5 Å². The topological polar surface area (TPSA) is 24.5 Å². The van der Waals surface area contributed by atoms with Crippen LogP contribution in [-0.4, -0.2) is 26.3 Å². The van der Waals surface area contributed by atoms with E-state index in [2.05, 4.69) is 83.5 Å². The van der Waals surface area contributed by atoms with Crippen LogP contribution in [0.5, 0.6) is 0 Å². The Morgan fingerprint density at radius 2 is 1.64 bits per heavy atom. The van der Waals surface area contributed by atoms with E-state index in [9.17, 15) is 0 Å². The minimum Gasteiger partial charge on any atom is -0.378 e. The van der Waals surface area contributed by atoms with E-state index in [0.29, 0.717) is 0 Å². The average molecular weight is 387 g/mol. The molecular weight excluding hydrogens is 364 g/mol. The first kappa shape index (κ1) is 17.4. The van der Waals surface area contributed by atoms with E-state index in [1.807, 2.05) is 11.8 Å².